The predicted molar refractivity (Wildman–Crippen MR) is 88.7 cm³/mol. The minimum atomic E-state index is -0.665. The van der Waals surface area contributed by atoms with Crippen LogP contribution in [0.25, 0.3) is 6.08 Å². The van der Waals surface area contributed by atoms with E-state index < -0.39 is 30.2 Å². The fraction of sp³-hybridized carbons (Fsp3) is 0.118. The van der Waals surface area contributed by atoms with Gasteiger partial charge in [-0.2, -0.15) is 0 Å². The lowest BCUT2D eigenvalue weighted by atomic mass is 10.2. The SMILES string of the molecule is Cn1ccc(/C=C2/NC(=O)N(CC(=O)Nc3ccc(F)cc3)C2=O)c1. The van der Waals surface area contributed by atoms with Crippen molar-refractivity contribution >= 4 is 29.6 Å². The van der Waals surface area contributed by atoms with E-state index in [1.165, 1.54) is 30.3 Å². The average Bonchev–Trinajstić information content (AvgIpc) is 3.08. The number of nitrogens with zero attached hydrogens (tertiary/aromatic N) is 2. The van der Waals surface area contributed by atoms with Gasteiger partial charge in [0.05, 0.1) is 0 Å². The summed E-state index contributed by atoms with van der Waals surface area (Å²) in [4.78, 5) is 37.1. The second kappa shape index (κ2) is 6.60. The first kappa shape index (κ1) is 16.4. The molecule has 7 nitrogen and oxygen atoms in total. The number of rotatable bonds is 4. The number of hydrogen-bond donors (Lipinski definition) is 2. The molecule has 2 N–H and O–H groups in total. The Kier molecular flexibility index (Phi) is 4.34. The number of amides is 4. The van der Waals surface area contributed by atoms with E-state index in [1.807, 2.05) is 17.8 Å². The molecule has 1 saturated heterocycles. The van der Waals surface area contributed by atoms with E-state index in [9.17, 15) is 18.8 Å². The molecule has 1 fully saturated rings. The summed E-state index contributed by atoms with van der Waals surface area (Å²) in [6, 6.07) is 6.30. The second-order valence-corrected chi connectivity index (χ2v) is 5.54. The smallest absolute Gasteiger partial charge is 0.329 e. The van der Waals surface area contributed by atoms with Crippen LogP contribution in [0.1, 0.15) is 5.56 Å². The molecule has 2 heterocycles. The van der Waals surface area contributed by atoms with Crippen molar-refractivity contribution in [2.24, 2.45) is 7.05 Å². The van der Waals surface area contributed by atoms with Gasteiger partial charge in [0, 0.05) is 25.1 Å². The van der Waals surface area contributed by atoms with Crippen LogP contribution >= 0.6 is 0 Å². The van der Waals surface area contributed by atoms with E-state index in [0.717, 1.165) is 10.5 Å². The van der Waals surface area contributed by atoms with Crippen molar-refractivity contribution in [3.8, 4) is 0 Å². The number of nitrogens with one attached hydrogen (secondary N) is 2. The first-order valence-corrected chi connectivity index (χ1v) is 7.44. The summed E-state index contributed by atoms with van der Waals surface area (Å²) in [6.07, 6.45) is 5.13. The highest BCUT2D eigenvalue weighted by atomic mass is 19.1. The number of hydrogen-bond acceptors (Lipinski definition) is 3. The summed E-state index contributed by atoms with van der Waals surface area (Å²) in [5.74, 6) is -1.57. The standard InChI is InChI=1S/C17H15FN4O3/c1-21-7-6-11(9-21)8-14-16(24)22(17(25)20-14)10-15(23)19-13-4-2-12(18)3-5-13/h2-9H,10H2,1H3,(H,19,23)(H,20,25)/b14-8+. The molecule has 1 aromatic carbocycles. The molecule has 0 spiro atoms. The Bertz CT molecular complexity index is 870. The number of carbonyl (C=O) groups excluding carboxylic acids is 3. The maximum absolute atomic E-state index is 12.9. The van der Waals surface area contributed by atoms with Crippen LogP contribution in [0.15, 0.2) is 48.4 Å². The summed E-state index contributed by atoms with van der Waals surface area (Å²) in [5, 5.41) is 4.95. The number of urea groups is 1. The van der Waals surface area contributed by atoms with Crippen LogP contribution in [-0.2, 0) is 16.6 Å². The summed E-state index contributed by atoms with van der Waals surface area (Å²) >= 11 is 0. The van der Waals surface area contributed by atoms with Crippen LogP contribution in [0.3, 0.4) is 0 Å². The highest BCUT2D eigenvalue weighted by molar-refractivity contribution is 6.15. The molecule has 25 heavy (non-hydrogen) atoms. The van der Waals surface area contributed by atoms with Crippen LogP contribution in [-0.4, -0.2) is 33.9 Å². The fourth-order valence-electron chi connectivity index (χ4n) is 2.37. The average molecular weight is 342 g/mol. The van der Waals surface area contributed by atoms with E-state index in [1.54, 1.807) is 12.3 Å². The lowest BCUT2D eigenvalue weighted by molar-refractivity contribution is -0.127. The van der Waals surface area contributed by atoms with Crippen molar-refractivity contribution in [3.63, 3.8) is 0 Å². The molecule has 8 heteroatoms. The predicted octanol–water partition coefficient (Wildman–Crippen LogP) is 1.70. The lowest BCUT2D eigenvalue weighted by Gasteiger charge is -2.11. The van der Waals surface area contributed by atoms with Crippen molar-refractivity contribution in [1.82, 2.24) is 14.8 Å². The van der Waals surface area contributed by atoms with Gasteiger partial charge in [0.1, 0.15) is 18.1 Å². The third-order valence-electron chi connectivity index (χ3n) is 3.56. The molecule has 1 aromatic heterocycles. The number of halogens is 1. The number of carbonyl (C=O) groups is 3. The number of aromatic nitrogens is 1. The Labute approximate surface area is 142 Å². The molecule has 1 aliphatic heterocycles. The van der Waals surface area contributed by atoms with Gasteiger partial charge in [-0.25, -0.2) is 14.1 Å². The molecule has 1 aliphatic rings. The van der Waals surface area contributed by atoms with Gasteiger partial charge in [0.2, 0.25) is 5.91 Å². The number of aryl methyl sites for hydroxylation is 1. The molecule has 4 amide bonds. The molecule has 0 aliphatic carbocycles. The number of imide groups is 1. The van der Waals surface area contributed by atoms with Gasteiger partial charge < -0.3 is 15.2 Å². The summed E-state index contributed by atoms with van der Waals surface area (Å²) < 4.78 is 14.7. The zero-order chi connectivity index (χ0) is 18.0. The molecule has 0 saturated carbocycles. The first-order valence-electron chi connectivity index (χ1n) is 7.44. The topological polar surface area (TPSA) is 83.4 Å². The summed E-state index contributed by atoms with van der Waals surface area (Å²) in [5.41, 5.74) is 1.23. The van der Waals surface area contributed by atoms with Gasteiger partial charge in [-0.05, 0) is 42.0 Å². The largest absolute Gasteiger partial charge is 0.357 e. The minimum absolute atomic E-state index is 0.103. The molecule has 128 valence electrons. The van der Waals surface area contributed by atoms with Crippen molar-refractivity contribution in [3.05, 3.63) is 59.8 Å². The molecule has 0 radical (unpaired) electrons. The molecular weight excluding hydrogens is 327 g/mol. The molecule has 3 rings (SSSR count). The second-order valence-electron chi connectivity index (χ2n) is 5.54. The van der Waals surface area contributed by atoms with Gasteiger partial charge in [-0.15, -0.1) is 0 Å². The zero-order valence-electron chi connectivity index (χ0n) is 13.3. The van der Waals surface area contributed by atoms with Crippen molar-refractivity contribution in [1.29, 1.82) is 0 Å². The van der Waals surface area contributed by atoms with E-state index in [-0.39, 0.29) is 5.70 Å². The molecule has 0 unspecified atom stereocenters. The van der Waals surface area contributed by atoms with Crippen LogP contribution in [0.4, 0.5) is 14.9 Å². The Morgan fingerprint density at radius 2 is 1.96 bits per heavy atom. The highest BCUT2D eigenvalue weighted by Crippen LogP contribution is 2.15. The molecular formula is C17H15FN4O3. The van der Waals surface area contributed by atoms with Gasteiger partial charge in [0.25, 0.3) is 5.91 Å². The zero-order valence-corrected chi connectivity index (χ0v) is 13.3. The maximum Gasteiger partial charge on any atom is 0.329 e. The van der Waals surface area contributed by atoms with Crippen molar-refractivity contribution in [2.75, 3.05) is 11.9 Å². The lowest BCUT2D eigenvalue weighted by Crippen LogP contribution is -2.38. The van der Waals surface area contributed by atoms with Crippen LogP contribution in [0.5, 0.6) is 0 Å². The van der Waals surface area contributed by atoms with Crippen molar-refractivity contribution < 1.29 is 18.8 Å². The quantitative estimate of drug-likeness (QED) is 0.655. The number of benzene rings is 1. The molecule has 2 aromatic rings. The maximum atomic E-state index is 12.9. The Morgan fingerprint density at radius 1 is 1.24 bits per heavy atom. The van der Waals surface area contributed by atoms with Gasteiger partial charge in [0.15, 0.2) is 0 Å². The van der Waals surface area contributed by atoms with E-state index in [2.05, 4.69) is 10.6 Å². The summed E-state index contributed by atoms with van der Waals surface area (Å²) in [6.45, 7) is -0.436. The monoisotopic (exact) mass is 342 g/mol. The van der Waals surface area contributed by atoms with Gasteiger partial charge >= 0.3 is 6.03 Å². The van der Waals surface area contributed by atoms with E-state index >= 15 is 0 Å². The fourth-order valence-corrected chi connectivity index (χ4v) is 2.37. The summed E-state index contributed by atoms with van der Waals surface area (Å²) in [7, 11) is 1.84. The Balaban J connectivity index is 1.67. The molecule has 0 atom stereocenters. The Morgan fingerprint density at radius 3 is 2.60 bits per heavy atom. The third-order valence-corrected chi connectivity index (χ3v) is 3.56. The highest BCUT2D eigenvalue weighted by Gasteiger charge is 2.34. The Hall–Kier alpha value is -3.42. The number of anilines is 1. The van der Waals surface area contributed by atoms with Crippen LogP contribution in [0.2, 0.25) is 0 Å². The van der Waals surface area contributed by atoms with Gasteiger partial charge in [-0.3, -0.25) is 9.59 Å². The van der Waals surface area contributed by atoms with Crippen LogP contribution < -0.4 is 10.6 Å². The minimum Gasteiger partial charge on any atom is -0.357 e. The van der Waals surface area contributed by atoms with Crippen molar-refractivity contribution in [2.45, 2.75) is 0 Å². The normalized spacial score (nSPS) is 15.6. The van der Waals surface area contributed by atoms with E-state index in [0.29, 0.717) is 5.69 Å². The first-order chi connectivity index (χ1) is 11.9. The van der Waals surface area contributed by atoms with E-state index in [4.69, 9.17) is 0 Å². The van der Waals surface area contributed by atoms with Gasteiger partial charge in [-0.1, -0.05) is 0 Å². The molecule has 0 bridgehead atoms. The van der Waals surface area contributed by atoms with Crippen LogP contribution in [0, 0.1) is 5.82 Å². The third kappa shape index (κ3) is 3.74.